The van der Waals surface area contributed by atoms with Crippen LogP contribution >= 0.6 is 0 Å². The van der Waals surface area contributed by atoms with Crippen LogP contribution in [-0.4, -0.2) is 53.6 Å². The number of halogens is 3. The molecule has 1 aromatic carbocycles. The number of amides is 1. The molecule has 6 nitrogen and oxygen atoms in total. The number of ether oxygens (including phenoxy) is 1. The Balaban J connectivity index is 1.53. The summed E-state index contributed by atoms with van der Waals surface area (Å²) in [4.78, 5) is 22.1. The first-order valence-electron chi connectivity index (χ1n) is 9.63. The Hall–Kier alpha value is -2.91. The summed E-state index contributed by atoms with van der Waals surface area (Å²) in [5.74, 6) is -0.287. The first kappa shape index (κ1) is 20.4. The van der Waals surface area contributed by atoms with Gasteiger partial charge in [-0.3, -0.25) is 14.7 Å². The first-order chi connectivity index (χ1) is 14.4. The normalized spacial score (nSPS) is 16.5. The molecule has 9 heteroatoms. The van der Waals surface area contributed by atoms with Crippen LogP contribution in [0.1, 0.15) is 27.5 Å². The van der Waals surface area contributed by atoms with Gasteiger partial charge in [0.05, 0.1) is 35.9 Å². The summed E-state index contributed by atoms with van der Waals surface area (Å²) in [7, 11) is 0. The van der Waals surface area contributed by atoms with Crippen molar-refractivity contribution in [3.05, 3.63) is 65.5 Å². The number of fused-ring (bicyclic) bond motifs is 1. The number of nitrogens with zero attached hydrogens (tertiary/aromatic N) is 2. The molecule has 30 heavy (non-hydrogen) atoms. The van der Waals surface area contributed by atoms with Crippen LogP contribution in [0.4, 0.5) is 13.2 Å². The molecule has 3 heterocycles. The van der Waals surface area contributed by atoms with E-state index < -0.39 is 11.7 Å². The van der Waals surface area contributed by atoms with Gasteiger partial charge in [0.1, 0.15) is 5.52 Å². The number of pyridine rings is 1. The summed E-state index contributed by atoms with van der Waals surface area (Å²) in [6.07, 6.45) is -1.16. The van der Waals surface area contributed by atoms with E-state index in [0.717, 1.165) is 17.6 Å². The average Bonchev–Trinajstić information content (AvgIpc) is 3.18. The van der Waals surface area contributed by atoms with Crippen LogP contribution in [0.15, 0.2) is 48.8 Å². The van der Waals surface area contributed by atoms with Gasteiger partial charge >= 0.3 is 6.18 Å². The van der Waals surface area contributed by atoms with E-state index in [1.165, 1.54) is 12.1 Å². The zero-order valence-electron chi connectivity index (χ0n) is 16.1. The van der Waals surface area contributed by atoms with Gasteiger partial charge < -0.3 is 15.0 Å². The molecule has 0 spiro atoms. The van der Waals surface area contributed by atoms with Crippen molar-refractivity contribution in [1.29, 1.82) is 0 Å². The van der Waals surface area contributed by atoms with Crippen molar-refractivity contribution in [3.8, 4) is 0 Å². The molecule has 2 aromatic heterocycles. The largest absolute Gasteiger partial charge is 0.416 e. The standard InChI is InChI=1S/C21H21F3N4O2/c22-21(23,24)15-5-3-14(4-6-15)18(28-8-10-30-11-9-28)13-27-20(29)16-12-26-17-2-1-7-25-19(16)17/h1-7,12,18,26H,8-11,13H2,(H,27,29). The lowest BCUT2D eigenvalue weighted by Crippen LogP contribution is -2.43. The van der Waals surface area contributed by atoms with Gasteiger partial charge in [0.15, 0.2) is 0 Å². The molecule has 4 rings (SSSR count). The molecule has 1 amide bonds. The van der Waals surface area contributed by atoms with Gasteiger partial charge in [-0.1, -0.05) is 12.1 Å². The van der Waals surface area contributed by atoms with Gasteiger partial charge in [0.2, 0.25) is 0 Å². The Labute approximate surface area is 171 Å². The van der Waals surface area contributed by atoms with Crippen molar-refractivity contribution < 1.29 is 22.7 Å². The van der Waals surface area contributed by atoms with Gasteiger partial charge in [0, 0.05) is 32.0 Å². The molecule has 2 N–H and O–H groups in total. The number of aromatic amines is 1. The van der Waals surface area contributed by atoms with Crippen LogP contribution < -0.4 is 5.32 Å². The monoisotopic (exact) mass is 418 g/mol. The third kappa shape index (κ3) is 4.31. The second kappa shape index (κ2) is 8.45. The summed E-state index contributed by atoms with van der Waals surface area (Å²) in [5.41, 5.74) is 1.78. The molecular weight excluding hydrogens is 397 g/mol. The minimum Gasteiger partial charge on any atom is -0.379 e. The number of carbonyl (C=O) groups excluding carboxylic acids is 1. The zero-order valence-corrected chi connectivity index (χ0v) is 16.1. The Morgan fingerprint density at radius 1 is 1.20 bits per heavy atom. The molecule has 1 aliphatic rings. The van der Waals surface area contributed by atoms with Crippen LogP contribution in [-0.2, 0) is 10.9 Å². The van der Waals surface area contributed by atoms with Crippen molar-refractivity contribution in [2.45, 2.75) is 12.2 Å². The van der Waals surface area contributed by atoms with E-state index in [0.29, 0.717) is 42.9 Å². The molecule has 1 atom stereocenters. The second-order valence-corrected chi connectivity index (χ2v) is 7.10. The SMILES string of the molecule is O=C(NCC(c1ccc(C(F)(F)F)cc1)N1CCOCC1)c1c[nH]c2cccnc12. The average molecular weight is 418 g/mol. The summed E-state index contributed by atoms with van der Waals surface area (Å²) in [5, 5.41) is 2.91. The molecule has 0 radical (unpaired) electrons. The van der Waals surface area contributed by atoms with E-state index in [1.807, 2.05) is 6.07 Å². The molecule has 1 aliphatic heterocycles. The predicted octanol–water partition coefficient (Wildman–Crippen LogP) is 3.39. The molecule has 1 fully saturated rings. The lowest BCUT2D eigenvalue weighted by atomic mass is 10.0. The topological polar surface area (TPSA) is 70.2 Å². The van der Waals surface area contributed by atoms with Crippen LogP contribution in [0, 0.1) is 0 Å². The van der Waals surface area contributed by atoms with E-state index in [2.05, 4.69) is 20.2 Å². The highest BCUT2D eigenvalue weighted by Crippen LogP contribution is 2.31. The second-order valence-electron chi connectivity index (χ2n) is 7.10. The number of nitrogens with one attached hydrogen (secondary N) is 2. The quantitative estimate of drug-likeness (QED) is 0.667. The maximum atomic E-state index is 12.9. The number of benzene rings is 1. The summed E-state index contributed by atoms with van der Waals surface area (Å²) < 4.78 is 44.2. The van der Waals surface area contributed by atoms with Crippen LogP contribution in [0.25, 0.3) is 11.0 Å². The highest BCUT2D eigenvalue weighted by Gasteiger charge is 2.31. The fourth-order valence-electron chi connectivity index (χ4n) is 3.65. The van der Waals surface area contributed by atoms with Crippen LogP contribution in [0.2, 0.25) is 0 Å². The van der Waals surface area contributed by atoms with Crippen molar-refractivity contribution in [1.82, 2.24) is 20.2 Å². The lowest BCUT2D eigenvalue weighted by molar-refractivity contribution is -0.137. The van der Waals surface area contributed by atoms with Crippen molar-refractivity contribution in [2.75, 3.05) is 32.8 Å². The van der Waals surface area contributed by atoms with Gasteiger partial charge in [-0.05, 0) is 29.8 Å². The van der Waals surface area contributed by atoms with Crippen LogP contribution in [0.5, 0.6) is 0 Å². The lowest BCUT2D eigenvalue weighted by Gasteiger charge is -2.35. The van der Waals surface area contributed by atoms with Gasteiger partial charge in [-0.2, -0.15) is 13.2 Å². The molecule has 158 valence electrons. The first-order valence-corrected chi connectivity index (χ1v) is 9.63. The van der Waals surface area contributed by atoms with Gasteiger partial charge in [-0.25, -0.2) is 0 Å². The molecule has 0 saturated carbocycles. The molecule has 0 bridgehead atoms. The van der Waals surface area contributed by atoms with Crippen molar-refractivity contribution in [3.63, 3.8) is 0 Å². The van der Waals surface area contributed by atoms with E-state index in [1.54, 1.807) is 18.5 Å². The smallest absolute Gasteiger partial charge is 0.379 e. The van der Waals surface area contributed by atoms with E-state index >= 15 is 0 Å². The number of H-pyrrole nitrogens is 1. The zero-order chi connectivity index (χ0) is 21.1. The predicted molar refractivity (Wildman–Crippen MR) is 105 cm³/mol. The molecule has 1 saturated heterocycles. The van der Waals surface area contributed by atoms with Crippen molar-refractivity contribution in [2.24, 2.45) is 0 Å². The molecule has 3 aromatic rings. The molecular formula is C21H21F3N4O2. The van der Waals surface area contributed by atoms with Gasteiger partial charge in [-0.15, -0.1) is 0 Å². The third-order valence-electron chi connectivity index (χ3n) is 5.24. The van der Waals surface area contributed by atoms with Crippen molar-refractivity contribution >= 4 is 16.9 Å². The van der Waals surface area contributed by atoms with E-state index in [9.17, 15) is 18.0 Å². The molecule has 1 unspecified atom stereocenters. The van der Waals surface area contributed by atoms with E-state index in [-0.39, 0.29) is 18.5 Å². The Kier molecular flexibility index (Phi) is 5.74. The third-order valence-corrected chi connectivity index (χ3v) is 5.24. The number of rotatable bonds is 5. The minimum absolute atomic E-state index is 0.254. The van der Waals surface area contributed by atoms with E-state index in [4.69, 9.17) is 4.74 Å². The number of alkyl halides is 3. The maximum absolute atomic E-state index is 12.9. The number of carbonyl (C=O) groups is 1. The summed E-state index contributed by atoms with van der Waals surface area (Å²) in [6.45, 7) is 2.60. The summed E-state index contributed by atoms with van der Waals surface area (Å²) in [6, 6.07) is 8.45. The van der Waals surface area contributed by atoms with Crippen LogP contribution in [0.3, 0.4) is 0 Å². The Morgan fingerprint density at radius 2 is 1.93 bits per heavy atom. The molecule has 0 aliphatic carbocycles. The fourth-order valence-corrected chi connectivity index (χ4v) is 3.65. The summed E-state index contributed by atoms with van der Waals surface area (Å²) >= 11 is 0. The number of morpholine rings is 1. The Morgan fingerprint density at radius 3 is 2.63 bits per heavy atom. The van der Waals surface area contributed by atoms with Gasteiger partial charge in [0.25, 0.3) is 5.91 Å². The Bertz CT molecular complexity index is 1010. The minimum atomic E-state index is -4.39. The number of hydrogen-bond acceptors (Lipinski definition) is 4. The highest BCUT2D eigenvalue weighted by atomic mass is 19.4. The highest BCUT2D eigenvalue weighted by molar-refractivity contribution is 6.05. The number of hydrogen-bond donors (Lipinski definition) is 2. The maximum Gasteiger partial charge on any atom is 0.416 e. The number of aromatic nitrogens is 2. The fraction of sp³-hybridized carbons (Fsp3) is 0.333.